The Morgan fingerprint density at radius 3 is 2.40 bits per heavy atom. The van der Waals surface area contributed by atoms with Crippen molar-refractivity contribution in [2.24, 2.45) is 5.92 Å². The van der Waals surface area contributed by atoms with E-state index in [1.807, 2.05) is 6.92 Å². The normalized spacial score (nSPS) is 13.9. The number of ether oxygens (including phenoxy) is 1. The Bertz CT molecular complexity index is 387. The van der Waals surface area contributed by atoms with Crippen LogP contribution < -0.4 is 29.6 Å². The van der Waals surface area contributed by atoms with Gasteiger partial charge in [0, 0.05) is 0 Å². The molecule has 0 radical (unpaired) electrons. The molecule has 0 aromatic carbocycles. The van der Waals surface area contributed by atoms with Gasteiger partial charge in [0.1, 0.15) is 6.29 Å². The topological polar surface area (TPSA) is 97.7 Å². The van der Waals surface area contributed by atoms with Crippen molar-refractivity contribution < 1.29 is 58.3 Å². The van der Waals surface area contributed by atoms with Crippen LogP contribution in [-0.2, 0) is 24.4 Å². The fourth-order valence-corrected chi connectivity index (χ4v) is 2.04. The van der Waals surface area contributed by atoms with E-state index in [-0.39, 0.29) is 49.8 Å². The average Bonchev–Trinajstić information content (AvgIpc) is 2.34. The number of aldehydes is 1. The number of carbonyl (C=O) groups is 2. The Kier molecular flexibility index (Phi) is 13.0. The molecule has 1 N–H and O–H groups in total. The molecule has 0 bridgehead atoms. The Morgan fingerprint density at radius 2 is 2.00 bits per heavy atom. The number of carbonyl (C=O) groups excluding carboxylic acids is 2. The molecule has 0 aromatic heterocycles. The first kappa shape index (κ1) is 22.3. The van der Waals surface area contributed by atoms with Crippen molar-refractivity contribution >= 4 is 22.4 Å². The summed E-state index contributed by atoms with van der Waals surface area (Å²) >= 11 is 0. The van der Waals surface area contributed by atoms with Gasteiger partial charge >= 0.3 is 35.5 Å². The summed E-state index contributed by atoms with van der Waals surface area (Å²) in [7, 11) is -4.54. The summed E-state index contributed by atoms with van der Waals surface area (Å²) in [6.07, 6.45) is 3.29. The van der Waals surface area contributed by atoms with Gasteiger partial charge in [0.25, 0.3) is 10.1 Å². The molecule has 0 spiro atoms. The van der Waals surface area contributed by atoms with E-state index in [2.05, 4.69) is 6.92 Å². The van der Waals surface area contributed by atoms with Gasteiger partial charge in [0.05, 0.1) is 13.0 Å². The van der Waals surface area contributed by atoms with Crippen molar-refractivity contribution in [1.82, 2.24) is 0 Å². The van der Waals surface area contributed by atoms with Crippen molar-refractivity contribution in [3.8, 4) is 0 Å². The van der Waals surface area contributed by atoms with Crippen molar-refractivity contribution in [1.29, 1.82) is 0 Å². The van der Waals surface area contributed by atoms with Gasteiger partial charge in [0.2, 0.25) is 0 Å². The van der Waals surface area contributed by atoms with E-state index in [0.29, 0.717) is 0 Å². The van der Waals surface area contributed by atoms with Crippen LogP contribution in [0.2, 0.25) is 0 Å². The van der Waals surface area contributed by atoms with Gasteiger partial charge in [-0.25, -0.2) is 0 Å². The Hall–Kier alpha value is 0.0500. The molecule has 0 saturated carbocycles. The molecule has 0 amide bonds. The van der Waals surface area contributed by atoms with Gasteiger partial charge in [-0.05, 0) is 12.3 Å². The van der Waals surface area contributed by atoms with Gasteiger partial charge in [-0.1, -0.05) is 33.1 Å². The molecule has 6 nitrogen and oxygen atoms in total. The second-order valence-corrected chi connectivity index (χ2v) is 6.13. The van der Waals surface area contributed by atoms with E-state index in [1.54, 1.807) is 0 Å². The Labute approximate surface area is 144 Å². The molecule has 0 saturated heterocycles. The molecule has 8 heteroatoms. The quantitative estimate of drug-likeness (QED) is 0.233. The van der Waals surface area contributed by atoms with E-state index in [9.17, 15) is 18.0 Å². The van der Waals surface area contributed by atoms with E-state index in [0.717, 1.165) is 25.7 Å². The maximum atomic E-state index is 11.4. The zero-order chi connectivity index (χ0) is 14.9. The van der Waals surface area contributed by atoms with E-state index >= 15 is 0 Å². The predicted molar refractivity (Wildman–Crippen MR) is 71.4 cm³/mol. The summed E-state index contributed by atoms with van der Waals surface area (Å²) in [6.45, 7) is 4.27. The Morgan fingerprint density at radius 1 is 1.40 bits per heavy atom. The monoisotopic (exact) mass is 318 g/mol. The number of hydrogen-bond donors (Lipinski definition) is 1. The van der Waals surface area contributed by atoms with Crippen molar-refractivity contribution in [3.63, 3.8) is 0 Å². The minimum atomic E-state index is -4.54. The van der Waals surface area contributed by atoms with Crippen LogP contribution in [0.15, 0.2) is 0 Å². The molecule has 0 aliphatic heterocycles. The standard InChI is InChI=1S/C12H22O6S.Na.H/c1-3-5-6-10(4-2)9-18-12(14)7-11(8-13)19(15,16)17;;/h8,10-11H,3-7,9H2,1-2H3,(H,15,16,17);;/q;+1;-1. The first-order valence-corrected chi connectivity index (χ1v) is 7.92. The van der Waals surface area contributed by atoms with Gasteiger partial charge < -0.3 is 11.0 Å². The van der Waals surface area contributed by atoms with Crippen LogP contribution in [0.5, 0.6) is 0 Å². The summed E-state index contributed by atoms with van der Waals surface area (Å²) < 4.78 is 35.1. The molecular weight excluding hydrogens is 295 g/mol. The van der Waals surface area contributed by atoms with Crippen LogP contribution in [0.3, 0.4) is 0 Å². The molecule has 2 atom stereocenters. The van der Waals surface area contributed by atoms with Gasteiger partial charge in [0.15, 0.2) is 5.25 Å². The van der Waals surface area contributed by atoms with Gasteiger partial charge in [-0.2, -0.15) is 8.42 Å². The maximum absolute atomic E-state index is 11.4. The number of rotatable bonds is 10. The average molecular weight is 318 g/mol. The molecular formula is C12H23NaO6S. The van der Waals surface area contributed by atoms with Gasteiger partial charge in [-0.3, -0.25) is 9.35 Å². The third-order valence-electron chi connectivity index (χ3n) is 2.93. The predicted octanol–water partition coefficient (Wildman–Crippen LogP) is -1.29. The molecule has 20 heavy (non-hydrogen) atoms. The fraction of sp³-hybridized carbons (Fsp3) is 0.833. The van der Waals surface area contributed by atoms with Gasteiger partial charge in [-0.15, -0.1) is 0 Å². The number of hydrogen-bond acceptors (Lipinski definition) is 5. The van der Waals surface area contributed by atoms with E-state index in [4.69, 9.17) is 9.29 Å². The van der Waals surface area contributed by atoms with Crippen LogP contribution in [0.1, 0.15) is 47.4 Å². The van der Waals surface area contributed by atoms with Crippen molar-refractivity contribution in [2.45, 2.75) is 51.2 Å². The summed E-state index contributed by atoms with van der Waals surface area (Å²) in [5.41, 5.74) is 0. The zero-order valence-corrected chi connectivity index (χ0v) is 15.2. The summed E-state index contributed by atoms with van der Waals surface area (Å²) in [5.74, 6) is -0.547. The maximum Gasteiger partial charge on any atom is 1.00 e. The number of unbranched alkanes of at least 4 members (excludes halogenated alkanes) is 1. The minimum absolute atomic E-state index is 0. The third kappa shape index (κ3) is 9.88. The number of esters is 1. The smallest absolute Gasteiger partial charge is 1.00 e. The SMILES string of the molecule is CCCCC(CC)COC(=O)CC(C=O)S(=O)(=O)O.[H-].[Na+]. The fourth-order valence-electron chi connectivity index (χ4n) is 1.56. The molecule has 0 heterocycles. The molecule has 0 aromatic rings. The second kappa shape index (κ2) is 11.7. The molecule has 0 aliphatic rings. The largest absolute Gasteiger partial charge is 1.00 e. The summed E-state index contributed by atoms with van der Waals surface area (Å²) in [6, 6.07) is 0. The van der Waals surface area contributed by atoms with Crippen LogP contribution in [-0.4, -0.2) is 37.1 Å². The Balaban J connectivity index is -0.00000162. The third-order valence-corrected chi connectivity index (χ3v) is 3.97. The van der Waals surface area contributed by atoms with Crippen LogP contribution >= 0.6 is 0 Å². The van der Waals surface area contributed by atoms with Crippen LogP contribution in [0.25, 0.3) is 0 Å². The van der Waals surface area contributed by atoms with E-state index in [1.165, 1.54) is 0 Å². The summed E-state index contributed by atoms with van der Waals surface area (Å²) in [5, 5.41) is -1.74. The summed E-state index contributed by atoms with van der Waals surface area (Å²) in [4.78, 5) is 21.9. The zero-order valence-electron chi connectivity index (χ0n) is 13.4. The van der Waals surface area contributed by atoms with E-state index < -0.39 is 27.8 Å². The molecule has 114 valence electrons. The minimum Gasteiger partial charge on any atom is -1.00 e. The van der Waals surface area contributed by atoms with Crippen LogP contribution in [0.4, 0.5) is 0 Å². The molecule has 0 rings (SSSR count). The van der Waals surface area contributed by atoms with Crippen molar-refractivity contribution in [3.05, 3.63) is 0 Å². The first-order valence-electron chi connectivity index (χ1n) is 6.42. The second-order valence-electron chi connectivity index (χ2n) is 4.49. The molecule has 0 aliphatic carbocycles. The van der Waals surface area contributed by atoms with Crippen LogP contribution in [0, 0.1) is 5.92 Å². The molecule has 2 unspecified atom stereocenters. The molecule has 0 fully saturated rings. The van der Waals surface area contributed by atoms with Crippen molar-refractivity contribution in [2.75, 3.05) is 6.61 Å². The first-order chi connectivity index (χ1) is 8.85.